The van der Waals surface area contributed by atoms with Gasteiger partial charge in [0.15, 0.2) is 0 Å². The fourth-order valence-corrected chi connectivity index (χ4v) is 0.710. The summed E-state index contributed by atoms with van der Waals surface area (Å²) in [6.07, 6.45) is 1.24. The molecule has 62 valence electrons. The monoisotopic (exact) mass is 163 g/mol. The standard InChI is InChI=1S/C8H18ClN/c1-4-7(2)6-10-8(3)5-9/h7-8,10H,4-6H2,1-3H3. The Morgan fingerprint density at radius 2 is 2.00 bits per heavy atom. The predicted octanol–water partition coefficient (Wildman–Crippen LogP) is 2.25. The van der Waals surface area contributed by atoms with Crippen LogP contribution in [0.25, 0.3) is 0 Å². The van der Waals surface area contributed by atoms with E-state index >= 15 is 0 Å². The predicted molar refractivity (Wildman–Crippen MR) is 47.6 cm³/mol. The van der Waals surface area contributed by atoms with Crippen molar-refractivity contribution < 1.29 is 0 Å². The molecule has 1 nitrogen and oxygen atoms in total. The van der Waals surface area contributed by atoms with Crippen molar-refractivity contribution in [2.75, 3.05) is 12.4 Å². The Kier molecular flexibility index (Phi) is 6.14. The van der Waals surface area contributed by atoms with E-state index in [0.717, 1.165) is 12.5 Å². The molecule has 2 heteroatoms. The van der Waals surface area contributed by atoms with Gasteiger partial charge >= 0.3 is 0 Å². The molecule has 0 rings (SSSR count). The first-order chi connectivity index (χ1) is 4.70. The highest BCUT2D eigenvalue weighted by molar-refractivity contribution is 6.18. The molecule has 2 atom stereocenters. The van der Waals surface area contributed by atoms with Crippen molar-refractivity contribution in [3.8, 4) is 0 Å². The number of rotatable bonds is 5. The zero-order valence-corrected chi connectivity index (χ0v) is 7.91. The van der Waals surface area contributed by atoms with Crippen LogP contribution in [0.3, 0.4) is 0 Å². The van der Waals surface area contributed by atoms with E-state index < -0.39 is 0 Å². The van der Waals surface area contributed by atoms with E-state index in [1.54, 1.807) is 0 Å². The van der Waals surface area contributed by atoms with Crippen LogP contribution >= 0.6 is 11.6 Å². The summed E-state index contributed by atoms with van der Waals surface area (Å²) in [6, 6.07) is 0.454. The zero-order valence-electron chi connectivity index (χ0n) is 7.15. The topological polar surface area (TPSA) is 12.0 Å². The minimum atomic E-state index is 0.454. The van der Waals surface area contributed by atoms with Gasteiger partial charge < -0.3 is 5.32 Å². The maximum Gasteiger partial charge on any atom is 0.0374 e. The van der Waals surface area contributed by atoms with Crippen molar-refractivity contribution in [1.29, 1.82) is 0 Å². The molecule has 0 spiro atoms. The van der Waals surface area contributed by atoms with Gasteiger partial charge in [0.1, 0.15) is 0 Å². The van der Waals surface area contributed by atoms with Gasteiger partial charge in [0.25, 0.3) is 0 Å². The third-order valence-electron chi connectivity index (χ3n) is 1.74. The summed E-state index contributed by atoms with van der Waals surface area (Å²) in [5, 5.41) is 3.35. The quantitative estimate of drug-likeness (QED) is 0.614. The molecule has 10 heavy (non-hydrogen) atoms. The summed E-state index contributed by atoms with van der Waals surface area (Å²) in [6.45, 7) is 7.64. The third kappa shape index (κ3) is 5.07. The van der Waals surface area contributed by atoms with Gasteiger partial charge in [0.2, 0.25) is 0 Å². The Morgan fingerprint density at radius 3 is 2.40 bits per heavy atom. The molecule has 1 N–H and O–H groups in total. The lowest BCUT2D eigenvalue weighted by Gasteiger charge is -2.13. The molecular weight excluding hydrogens is 146 g/mol. The summed E-state index contributed by atoms with van der Waals surface area (Å²) in [7, 11) is 0. The highest BCUT2D eigenvalue weighted by Gasteiger charge is 2.01. The highest BCUT2D eigenvalue weighted by Crippen LogP contribution is 1.98. The van der Waals surface area contributed by atoms with Gasteiger partial charge in [-0.2, -0.15) is 0 Å². The molecule has 0 saturated carbocycles. The minimum Gasteiger partial charge on any atom is -0.313 e. The van der Waals surface area contributed by atoms with Crippen LogP contribution in [0.5, 0.6) is 0 Å². The van der Waals surface area contributed by atoms with Crippen molar-refractivity contribution in [2.24, 2.45) is 5.92 Å². The third-order valence-corrected chi connectivity index (χ3v) is 2.21. The molecule has 0 radical (unpaired) electrons. The van der Waals surface area contributed by atoms with Crippen molar-refractivity contribution in [1.82, 2.24) is 5.32 Å². The van der Waals surface area contributed by atoms with E-state index in [1.807, 2.05) is 0 Å². The second-order valence-corrected chi connectivity index (χ2v) is 3.29. The lowest BCUT2D eigenvalue weighted by atomic mass is 10.1. The average Bonchev–Trinajstić information content (AvgIpc) is 1.99. The first-order valence-corrected chi connectivity index (χ1v) is 4.53. The van der Waals surface area contributed by atoms with Crippen LogP contribution in [-0.2, 0) is 0 Å². The lowest BCUT2D eigenvalue weighted by molar-refractivity contribution is 0.469. The Labute approximate surface area is 69.1 Å². The van der Waals surface area contributed by atoms with Crippen LogP contribution in [-0.4, -0.2) is 18.5 Å². The van der Waals surface area contributed by atoms with Crippen molar-refractivity contribution in [3.05, 3.63) is 0 Å². The number of hydrogen-bond acceptors (Lipinski definition) is 1. The first kappa shape index (κ1) is 10.2. The van der Waals surface area contributed by atoms with Gasteiger partial charge in [-0.3, -0.25) is 0 Å². The fraction of sp³-hybridized carbons (Fsp3) is 1.00. The summed E-state index contributed by atoms with van der Waals surface area (Å²) in [5.41, 5.74) is 0. The van der Waals surface area contributed by atoms with E-state index in [0.29, 0.717) is 11.9 Å². The number of nitrogens with one attached hydrogen (secondary N) is 1. The summed E-state index contributed by atoms with van der Waals surface area (Å²) in [4.78, 5) is 0. The van der Waals surface area contributed by atoms with Crippen LogP contribution in [0.2, 0.25) is 0 Å². The molecule has 0 bridgehead atoms. The first-order valence-electron chi connectivity index (χ1n) is 4.00. The second kappa shape index (κ2) is 5.99. The summed E-state index contributed by atoms with van der Waals surface area (Å²) < 4.78 is 0. The normalized spacial score (nSPS) is 16.8. The smallest absolute Gasteiger partial charge is 0.0374 e. The van der Waals surface area contributed by atoms with E-state index in [9.17, 15) is 0 Å². The van der Waals surface area contributed by atoms with Gasteiger partial charge in [-0.15, -0.1) is 11.6 Å². The largest absolute Gasteiger partial charge is 0.313 e. The van der Waals surface area contributed by atoms with E-state index in [2.05, 4.69) is 26.1 Å². The van der Waals surface area contributed by atoms with Crippen LogP contribution in [0.15, 0.2) is 0 Å². The molecular formula is C8H18ClN. The van der Waals surface area contributed by atoms with Crippen LogP contribution < -0.4 is 5.32 Å². The summed E-state index contributed by atoms with van der Waals surface area (Å²) in [5.74, 6) is 1.47. The second-order valence-electron chi connectivity index (χ2n) is 2.98. The Balaban J connectivity index is 3.17. The highest BCUT2D eigenvalue weighted by atomic mass is 35.5. The molecule has 0 aromatic rings. The van der Waals surface area contributed by atoms with E-state index in [-0.39, 0.29) is 0 Å². The molecule has 0 heterocycles. The maximum absolute atomic E-state index is 5.62. The van der Waals surface area contributed by atoms with E-state index in [1.165, 1.54) is 6.42 Å². The van der Waals surface area contributed by atoms with Gasteiger partial charge in [0, 0.05) is 11.9 Å². The number of hydrogen-bond donors (Lipinski definition) is 1. The molecule has 0 aromatic carbocycles. The SMILES string of the molecule is CCC(C)CNC(C)CCl. The Morgan fingerprint density at radius 1 is 1.40 bits per heavy atom. The van der Waals surface area contributed by atoms with Crippen LogP contribution in [0.1, 0.15) is 27.2 Å². The summed E-state index contributed by atoms with van der Waals surface area (Å²) >= 11 is 5.62. The van der Waals surface area contributed by atoms with Crippen LogP contribution in [0, 0.1) is 5.92 Å². The zero-order chi connectivity index (χ0) is 7.98. The molecule has 0 aliphatic heterocycles. The molecule has 0 amide bonds. The van der Waals surface area contributed by atoms with Crippen molar-refractivity contribution in [3.63, 3.8) is 0 Å². The van der Waals surface area contributed by atoms with Gasteiger partial charge in [-0.25, -0.2) is 0 Å². The van der Waals surface area contributed by atoms with Gasteiger partial charge in [0.05, 0.1) is 0 Å². The fourth-order valence-electron chi connectivity index (χ4n) is 0.601. The molecule has 2 unspecified atom stereocenters. The Bertz CT molecular complexity index is 65.7. The maximum atomic E-state index is 5.62. The number of halogens is 1. The van der Waals surface area contributed by atoms with Crippen LogP contribution in [0.4, 0.5) is 0 Å². The molecule has 0 aliphatic carbocycles. The molecule has 0 aromatic heterocycles. The number of alkyl halides is 1. The molecule has 0 aliphatic rings. The van der Waals surface area contributed by atoms with Gasteiger partial charge in [-0.05, 0) is 19.4 Å². The lowest BCUT2D eigenvalue weighted by Crippen LogP contribution is -2.31. The molecule has 0 fully saturated rings. The van der Waals surface area contributed by atoms with E-state index in [4.69, 9.17) is 11.6 Å². The Hall–Kier alpha value is 0.250. The molecule has 0 saturated heterocycles. The van der Waals surface area contributed by atoms with Crippen molar-refractivity contribution >= 4 is 11.6 Å². The minimum absolute atomic E-state index is 0.454. The average molecular weight is 164 g/mol. The van der Waals surface area contributed by atoms with Crippen molar-refractivity contribution in [2.45, 2.75) is 33.2 Å². The van der Waals surface area contributed by atoms with Gasteiger partial charge in [-0.1, -0.05) is 20.3 Å².